The zero-order valence-electron chi connectivity index (χ0n) is 10.8. The molecule has 1 N–H and O–H groups in total. The van der Waals surface area contributed by atoms with Gasteiger partial charge in [-0.3, -0.25) is 15.0 Å². The Kier molecular flexibility index (Phi) is 3.15. The van der Waals surface area contributed by atoms with Crippen molar-refractivity contribution in [2.75, 3.05) is 4.90 Å². The number of hydrogen-bond acceptors (Lipinski definition) is 4. The van der Waals surface area contributed by atoms with Crippen molar-refractivity contribution < 1.29 is 27.2 Å². The van der Waals surface area contributed by atoms with Gasteiger partial charge in [-0.2, -0.15) is 13.9 Å². The van der Waals surface area contributed by atoms with Gasteiger partial charge in [0.25, 0.3) is 5.91 Å². The number of hydrazone groups is 1. The zero-order valence-corrected chi connectivity index (χ0v) is 10.8. The van der Waals surface area contributed by atoms with E-state index in [2.05, 4.69) is 10.5 Å². The second-order valence-corrected chi connectivity index (χ2v) is 4.85. The van der Waals surface area contributed by atoms with Gasteiger partial charge < -0.3 is 0 Å². The molecule has 0 aliphatic carbocycles. The predicted octanol–water partition coefficient (Wildman–Crippen LogP) is 1.40. The number of nitrogens with zero attached hydrogens (tertiary/aromatic N) is 2. The van der Waals surface area contributed by atoms with Gasteiger partial charge in [-0.15, -0.1) is 0 Å². The molecule has 22 heavy (non-hydrogen) atoms. The Morgan fingerprint density at radius 1 is 1.14 bits per heavy atom. The van der Waals surface area contributed by atoms with Crippen molar-refractivity contribution in [2.45, 2.75) is 18.4 Å². The number of benzene rings is 1. The summed E-state index contributed by atoms with van der Waals surface area (Å²) in [5, 5.41) is 3.11. The number of hydrogen-bond donors (Lipinski definition) is 1. The van der Waals surface area contributed by atoms with E-state index < -0.39 is 41.8 Å². The molecule has 0 bridgehead atoms. The molecule has 2 amide bonds. The lowest BCUT2D eigenvalue weighted by atomic mass is 9.94. The molecule has 1 aromatic carbocycles. The van der Waals surface area contributed by atoms with Crippen LogP contribution in [0.5, 0.6) is 0 Å². The molecule has 2 atom stereocenters. The van der Waals surface area contributed by atoms with Gasteiger partial charge in [0.05, 0.1) is 5.69 Å². The summed E-state index contributed by atoms with van der Waals surface area (Å²) >= 11 is 0. The minimum atomic E-state index is -4.57. The Balaban J connectivity index is 1.97. The van der Waals surface area contributed by atoms with E-state index in [1.165, 1.54) is 12.1 Å². The van der Waals surface area contributed by atoms with Crippen LogP contribution in [0.1, 0.15) is 0 Å². The van der Waals surface area contributed by atoms with Crippen LogP contribution in [0.2, 0.25) is 0 Å². The number of carbonyl (C=O) groups is 2. The molecular formula is C13H9F4N3O2. The lowest BCUT2D eigenvalue weighted by Gasteiger charge is -2.19. The first-order chi connectivity index (χ1) is 10.4. The highest BCUT2D eigenvalue weighted by atomic mass is 19.3. The number of imide groups is 1. The van der Waals surface area contributed by atoms with Gasteiger partial charge >= 0.3 is 12.3 Å². The molecular weight excluding hydrogens is 306 g/mol. The Bertz CT molecular complexity index is 663. The molecule has 0 radical (unpaired) electrons. The van der Waals surface area contributed by atoms with Crippen molar-refractivity contribution in [3.63, 3.8) is 0 Å². The van der Waals surface area contributed by atoms with Crippen LogP contribution in [0.25, 0.3) is 0 Å². The van der Waals surface area contributed by atoms with Crippen LogP contribution >= 0.6 is 0 Å². The monoisotopic (exact) mass is 315 g/mol. The first-order valence-corrected chi connectivity index (χ1v) is 6.28. The van der Waals surface area contributed by atoms with E-state index in [0.717, 1.165) is 0 Å². The first kappa shape index (κ1) is 14.5. The third-order valence-corrected chi connectivity index (χ3v) is 3.55. The summed E-state index contributed by atoms with van der Waals surface area (Å²) in [6.07, 6.45) is -4.01. The highest BCUT2D eigenvalue weighted by molar-refractivity contribution is 6.31. The SMILES string of the molecule is O=C1[C@@H]2C(C(F)(F)C(F)F)=NN[C@@H]2C(=O)N1c1ccccc1. The average Bonchev–Trinajstić information content (AvgIpc) is 3.02. The smallest absolute Gasteiger partial charge is 0.296 e. The van der Waals surface area contributed by atoms with E-state index in [1.807, 2.05) is 0 Å². The Labute approximate surface area is 121 Å². The van der Waals surface area contributed by atoms with E-state index in [0.29, 0.717) is 4.90 Å². The van der Waals surface area contributed by atoms with Crippen LogP contribution < -0.4 is 10.3 Å². The fourth-order valence-corrected chi connectivity index (χ4v) is 2.51. The Morgan fingerprint density at radius 2 is 1.77 bits per heavy atom. The van der Waals surface area contributed by atoms with Gasteiger partial charge in [0.15, 0.2) is 0 Å². The molecule has 2 heterocycles. The van der Waals surface area contributed by atoms with Crippen molar-refractivity contribution in [3.05, 3.63) is 30.3 Å². The second kappa shape index (κ2) is 4.79. The summed E-state index contributed by atoms with van der Waals surface area (Å²) < 4.78 is 52.0. The van der Waals surface area contributed by atoms with E-state index in [-0.39, 0.29) is 5.69 Å². The van der Waals surface area contributed by atoms with Crippen molar-refractivity contribution in [1.29, 1.82) is 0 Å². The van der Waals surface area contributed by atoms with Crippen LogP contribution in [0.15, 0.2) is 35.4 Å². The van der Waals surface area contributed by atoms with Crippen molar-refractivity contribution in [1.82, 2.24) is 5.43 Å². The topological polar surface area (TPSA) is 61.8 Å². The molecule has 1 aromatic rings. The molecule has 9 heteroatoms. The van der Waals surface area contributed by atoms with Gasteiger partial charge in [0.1, 0.15) is 17.7 Å². The molecule has 0 saturated carbocycles. The molecule has 5 nitrogen and oxygen atoms in total. The summed E-state index contributed by atoms with van der Waals surface area (Å²) in [6, 6.07) is 6.26. The van der Waals surface area contributed by atoms with E-state index in [9.17, 15) is 27.2 Å². The fraction of sp³-hybridized carbons (Fsp3) is 0.308. The molecule has 3 rings (SSSR count). The fourth-order valence-electron chi connectivity index (χ4n) is 2.51. The summed E-state index contributed by atoms with van der Waals surface area (Å²) in [6.45, 7) is 0. The number of fused-ring (bicyclic) bond motifs is 1. The molecule has 1 saturated heterocycles. The maximum atomic E-state index is 13.5. The van der Waals surface area contributed by atoms with Crippen LogP contribution in [0, 0.1) is 5.92 Å². The van der Waals surface area contributed by atoms with Crippen molar-refractivity contribution >= 4 is 23.2 Å². The largest absolute Gasteiger partial charge is 0.347 e. The zero-order chi connectivity index (χ0) is 16.1. The second-order valence-electron chi connectivity index (χ2n) is 4.85. The molecule has 116 valence electrons. The summed E-state index contributed by atoms with van der Waals surface area (Å²) in [5.74, 6) is -8.10. The number of amides is 2. The average molecular weight is 315 g/mol. The molecule has 1 fully saturated rings. The quantitative estimate of drug-likeness (QED) is 0.677. The van der Waals surface area contributed by atoms with E-state index in [4.69, 9.17) is 0 Å². The maximum absolute atomic E-state index is 13.5. The predicted molar refractivity (Wildman–Crippen MR) is 67.7 cm³/mol. The van der Waals surface area contributed by atoms with Crippen LogP contribution in [0.4, 0.5) is 23.2 Å². The third kappa shape index (κ3) is 1.88. The van der Waals surface area contributed by atoms with E-state index in [1.54, 1.807) is 18.2 Å². The molecule has 0 aromatic heterocycles. The number of alkyl halides is 4. The minimum absolute atomic E-state index is 0.188. The molecule has 2 aliphatic heterocycles. The van der Waals surface area contributed by atoms with Gasteiger partial charge in [-0.25, -0.2) is 13.7 Å². The minimum Gasteiger partial charge on any atom is -0.296 e. The van der Waals surface area contributed by atoms with Crippen LogP contribution in [-0.2, 0) is 9.59 Å². The van der Waals surface area contributed by atoms with Gasteiger partial charge in [0, 0.05) is 0 Å². The Hall–Kier alpha value is -2.45. The van der Waals surface area contributed by atoms with Crippen LogP contribution in [0.3, 0.4) is 0 Å². The highest BCUT2D eigenvalue weighted by Crippen LogP contribution is 2.37. The lowest BCUT2D eigenvalue weighted by Crippen LogP contribution is -2.44. The summed E-state index contributed by atoms with van der Waals surface area (Å²) in [4.78, 5) is 25.2. The van der Waals surface area contributed by atoms with Crippen LogP contribution in [-0.4, -0.2) is 35.9 Å². The lowest BCUT2D eigenvalue weighted by molar-refractivity contribution is -0.122. The maximum Gasteiger partial charge on any atom is 0.347 e. The third-order valence-electron chi connectivity index (χ3n) is 3.55. The van der Waals surface area contributed by atoms with Gasteiger partial charge in [-0.1, -0.05) is 18.2 Å². The number of rotatable bonds is 3. The van der Waals surface area contributed by atoms with Crippen molar-refractivity contribution in [3.8, 4) is 0 Å². The number of para-hydroxylation sites is 1. The number of anilines is 1. The first-order valence-electron chi connectivity index (χ1n) is 6.28. The van der Waals surface area contributed by atoms with Gasteiger partial charge in [0.2, 0.25) is 5.91 Å². The van der Waals surface area contributed by atoms with Crippen molar-refractivity contribution in [2.24, 2.45) is 11.0 Å². The molecule has 0 unspecified atom stereocenters. The summed E-state index contributed by atoms with van der Waals surface area (Å²) in [5.41, 5.74) is 0.959. The molecule has 0 spiro atoms. The standard InChI is InChI=1S/C13H9F4N3O2/c14-12(15)13(16,17)9-7-8(18-19-9)11(22)20(10(7)21)6-4-2-1-3-5-6/h1-5,7-8,12,18H/t7-,8-/m0/s1. The highest BCUT2D eigenvalue weighted by Gasteiger charge is 2.62. The Morgan fingerprint density at radius 3 is 2.36 bits per heavy atom. The van der Waals surface area contributed by atoms with Gasteiger partial charge in [-0.05, 0) is 12.1 Å². The number of halogens is 4. The molecule has 2 aliphatic rings. The van der Waals surface area contributed by atoms with E-state index >= 15 is 0 Å². The normalized spacial score (nSPS) is 24.6. The number of nitrogens with one attached hydrogen (secondary N) is 1. The summed E-state index contributed by atoms with van der Waals surface area (Å²) in [7, 11) is 0. The number of carbonyl (C=O) groups excluding carboxylic acids is 2.